The molecule has 1 N–H and O–H groups in total. The first-order valence-electron chi connectivity index (χ1n) is 8.05. The second-order valence-electron chi connectivity index (χ2n) is 5.58. The molecule has 0 aliphatic carbocycles. The van der Waals surface area contributed by atoms with Crippen LogP contribution in [0.4, 0.5) is 5.69 Å². The van der Waals surface area contributed by atoms with Crippen LogP contribution in [-0.2, 0) is 4.74 Å². The van der Waals surface area contributed by atoms with E-state index in [0.717, 1.165) is 4.47 Å². The highest BCUT2D eigenvalue weighted by Crippen LogP contribution is 2.25. The van der Waals surface area contributed by atoms with E-state index in [-0.39, 0.29) is 5.56 Å². The van der Waals surface area contributed by atoms with E-state index in [1.54, 1.807) is 24.3 Å². The summed E-state index contributed by atoms with van der Waals surface area (Å²) >= 11 is 9.47. The maximum atomic E-state index is 12.5. The van der Waals surface area contributed by atoms with Crippen molar-refractivity contribution in [1.29, 1.82) is 0 Å². The van der Waals surface area contributed by atoms with E-state index in [9.17, 15) is 9.59 Å². The van der Waals surface area contributed by atoms with Crippen molar-refractivity contribution in [3.8, 4) is 11.6 Å². The monoisotopic (exact) mass is 460 g/mol. The van der Waals surface area contributed by atoms with E-state index >= 15 is 0 Å². The number of benzene rings is 2. The summed E-state index contributed by atoms with van der Waals surface area (Å²) in [6.07, 6.45) is 1.39. The van der Waals surface area contributed by atoms with Gasteiger partial charge in [0.2, 0.25) is 5.88 Å². The number of pyridine rings is 1. The molecule has 1 amide bonds. The number of amides is 1. The van der Waals surface area contributed by atoms with Crippen LogP contribution in [0.1, 0.15) is 20.7 Å². The third kappa shape index (κ3) is 4.88. The number of methoxy groups -OCH3 is 1. The van der Waals surface area contributed by atoms with Crippen molar-refractivity contribution in [2.75, 3.05) is 12.4 Å². The lowest BCUT2D eigenvalue weighted by Crippen LogP contribution is -2.13. The lowest BCUT2D eigenvalue weighted by Gasteiger charge is -2.09. The second-order valence-corrected chi connectivity index (χ2v) is 6.91. The molecule has 0 aliphatic heterocycles. The minimum atomic E-state index is -0.525. The van der Waals surface area contributed by atoms with Gasteiger partial charge in [0.25, 0.3) is 5.91 Å². The average Bonchev–Trinajstić information content (AvgIpc) is 2.69. The van der Waals surface area contributed by atoms with Crippen LogP contribution in [0.5, 0.6) is 11.6 Å². The van der Waals surface area contributed by atoms with Gasteiger partial charge in [0, 0.05) is 16.7 Å². The summed E-state index contributed by atoms with van der Waals surface area (Å²) < 4.78 is 11.2. The van der Waals surface area contributed by atoms with E-state index in [1.165, 1.54) is 31.5 Å². The summed E-state index contributed by atoms with van der Waals surface area (Å²) in [5.74, 6) is 0.0131. The van der Waals surface area contributed by atoms with E-state index in [0.29, 0.717) is 27.9 Å². The standard InChI is InChI=1S/C20H14BrClN2O4/c1-27-20(26)12-5-7-16(22)17(9-12)24-19(25)13-6-8-18(23-11-13)28-15-4-2-3-14(21)10-15/h2-11H,1H3,(H,24,25). The molecule has 3 aromatic rings. The van der Waals surface area contributed by atoms with E-state index < -0.39 is 11.9 Å². The number of carbonyl (C=O) groups is 2. The van der Waals surface area contributed by atoms with Crippen LogP contribution in [-0.4, -0.2) is 24.0 Å². The van der Waals surface area contributed by atoms with E-state index in [2.05, 4.69) is 31.0 Å². The Labute approximate surface area is 174 Å². The number of nitrogens with zero attached hydrogens (tertiary/aromatic N) is 1. The van der Waals surface area contributed by atoms with Crippen LogP contribution >= 0.6 is 27.5 Å². The number of halogens is 2. The highest BCUT2D eigenvalue weighted by Gasteiger charge is 2.13. The van der Waals surface area contributed by atoms with Crippen LogP contribution in [0.3, 0.4) is 0 Å². The zero-order chi connectivity index (χ0) is 20.1. The number of anilines is 1. The van der Waals surface area contributed by atoms with Crippen molar-refractivity contribution in [3.05, 3.63) is 81.4 Å². The fraction of sp³-hybridized carbons (Fsp3) is 0.0500. The van der Waals surface area contributed by atoms with Crippen molar-refractivity contribution in [2.24, 2.45) is 0 Å². The Bertz CT molecular complexity index is 1020. The Hall–Kier alpha value is -2.90. The highest BCUT2D eigenvalue weighted by molar-refractivity contribution is 9.10. The molecule has 142 valence electrons. The molecule has 8 heteroatoms. The van der Waals surface area contributed by atoms with Gasteiger partial charge in [0.05, 0.1) is 28.9 Å². The summed E-state index contributed by atoms with van der Waals surface area (Å²) in [6.45, 7) is 0. The number of nitrogens with one attached hydrogen (secondary N) is 1. The molecule has 1 heterocycles. The van der Waals surface area contributed by atoms with Crippen LogP contribution in [0.25, 0.3) is 0 Å². The highest BCUT2D eigenvalue weighted by atomic mass is 79.9. The number of hydrogen-bond donors (Lipinski definition) is 1. The van der Waals surface area contributed by atoms with Crippen molar-refractivity contribution in [1.82, 2.24) is 4.98 Å². The van der Waals surface area contributed by atoms with Crippen LogP contribution < -0.4 is 10.1 Å². The zero-order valence-electron chi connectivity index (χ0n) is 14.6. The predicted octanol–water partition coefficient (Wildman–Crippen LogP) is 5.33. The summed E-state index contributed by atoms with van der Waals surface area (Å²) in [6, 6.07) is 15.0. The van der Waals surface area contributed by atoms with Gasteiger partial charge in [-0.2, -0.15) is 0 Å². The Kier molecular flexibility index (Phi) is 6.28. The number of hydrogen-bond acceptors (Lipinski definition) is 5. The summed E-state index contributed by atoms with van der Waals surface area (Å²) in [7, 11) is 1.28. The fourth-order valence-electron chi connectivity index (χ4n) is 2.29. The quantitative estimate of drug-likeness (QED) is 0.520. The predicted molar refractivity (Wildman–Crippen MR) is 109 cm³/mol. The molecule has 0 aliphatic rings. The number of rotatable bonds is 5. The molecule has 0 unspecified atom stereocenters. The number of esters is 1. The van der Waals surface area contributed by atoms with Gasteiger partial charge < -0.3 is 14.8 Å². The molecule has 28 heavy (non-hydrogen) atoms. The van der Waals surface area contributed by atoms with Gasteiger partial charge in [-0.3, -0.25) is 4.79 Å². The van der Waals surface area contributed by atoms with Crippen molar-refractivity contribution in [2.45, 2.75) is 0 Å². The van der Waals surface area contributed by atoms with Crippen LogP contribution in [0.2, 0.25) is 5.02 Å². The zero-order valence-corrected chi connectivity index (χ0v) is 17.0. The lowest BCUT2D eigenvalue weighted by atomic mass is 10.2. The van der Waals surface area contributed by atoms with Gasteiger partial charge >= 0.3 is 5.97 Å². The first-order valence-corrected chi connectivity index (χ1v) is 9.22. The SMILES string of the molecule is COC(=O)c1ccc(Cl)c(NC(=O)c2ccc(Oc3cccc(Br)c3)nc2)c1. The van der Waals surface area contributed by atoms with Gasteiger partial charge in [-0.1, -0.05) is 33.6 Å². The third-order valence-corrected chi connectivity index (χ3v) is 4.48. The van der Waals surface area contributed by atoms with Gasteiger partial charge in [0.1, 0.15) is 5.75 Å². The van der Waals surface area contributed by atoms with Gasteiger partial charge in [-0.05, 0) is 42.5 Å². The van der Waals surface area contributed by atoms with E-state index in [4.69, 9.17) is 16.3 Å². The topological polar surface area (TPSA) is 77.5 Å². The summed E-state index contributed by atoms with van der Waals surface area (Å²) in [4.78, 5) is 28.2. The fourth-order valence-corrected chi connectivity index (χ4v) is 2.83. The molecule has 0 radical (unpaired) electrons. The minimum absolute atomic E-state index is 0.276. The Morgan fingerprint density at radius 1 is 1.07 bits per heavy atom. The van der Waals surface area contributed by atoms with Gasteiger partial charge in [-0.25, -0.2) is 9.78 Å². The maximum Gasteiger partial charge on any atom is 0.337 e. The Morgan fingerprint density at radius 3 is 2.54 bits per heavy atom. The summed E-state index contributed by atoms with van der Waals surface area (Å²) in [5, 5.41) is 2.95. The number of ether oxygens (including phenoxy) is 2. The average molecular weight is 462 g/mol. The first kappa shape index (κ1) is 19.9. The maximum absolute atomic E-state index is 12.5. The lowest BCUT2D eigenvalue weighted by molar-refractivity contribution is 0.0600. The molecule has 0 fully saturated rings. The Balaban J connectivity index is 1.72. The molecule has 1 aromatic heterocycles. The first-order chi connectivity index (χ1) is 13.5. The van der Waals surface area contributed by atoms with Crippen molar-refractivity contribution < 1.29 is 19.1 Å². The van der Waals surface area contributed by atoms with Crippen molar-refractivity contribution in [3.63, 3.8) is 0 Å². The molecule has 0 atom stereocenters. The molecule has 0 saturated carbocycles. The van der Waals surface area contributed by atoms with Gasteiger partial charge in [-0.15, -0.1) is 0 Å². The molecule has 2 aromatic carbocycles. The van der Waals surface area contributed by atoms with Crippen molar-refractivity contribution >= 4 is 45.1 Å². The van der Waals surface area contributed by atoms with E-state index in [1.807, 2.05) is 12.1 Å². The number of aromatic nitrogens is 1. The molecular weight excluding hydrogens is 448 g/mol. The smallest absolute Gasteiger partial charge is 0.337 e. The molecule has 6 nitrogen and oxygen atoms in total. The summed E-state index contributed by atoms with van der Waals surface area (Å²) in [5.41, 5.74) is 0.878. The molecule has 0 bridgehead atoms. The largest absolute Gasteiger partial charge is 0.465 e. The molecule has 3 rings (SSSR count). The van der Waals surface area contributed by atoms with Crippen LogP contribution in [0, 0.1) is 0 Å². The molecule has 0 spiro atoms. The third-order valence-electron chi connectivity index (χ3n) is 3.65. The Morgan fingerprint density at radius 2 is 1.86 bits per heavy atom. The normalized spacial score (nSPS) is 10.2. The molecule has 0 saturated heterocycles. The van der Waals surface area contributed by atoms with Crippen LogP contribution in [0.15, 0.2) is 65.3 Å². The van der Waals surface area contributed by atoms with Gasteiger partial charge in [0.15, 0.2) is 0 Å². The molecular formula is C20H14BrClN2O4. The second kappa shape index (κ2) is 8.86. The number of carbonyl (C=O) groups excluding carboxylic acids is 2. The minimum Gasteiger partial charge on any atom is -0.465 e.